The lowest BCUT2D eigenvalue weighted by Gasteiger charge is -2.11. The Labute approximate surface area is 131 Å². The molecule has 5 heteroatoms. The van der Waals surface area contributed by atoms with Crippen molar-refractivity contribution in [2.24, 2.45) is 5.16 Å². The molecule has 0 atom stereocenters. The van der Waals surface area contributed by atoms with Crippen molar-refractivity contribution in [2.75, 3.05) is 5.32 Å². The van der Waals surface area contributed by atoms with Gasteiger partial charge >= 0.3 is 0 Å². The van der Waals surface area contributed by atoms with Gasteiger partial charge in [-0.05, 0) is 37.6 Å². The van der Waals surface area contributed by atoms with Crippen LogP contribution >= 0.6 is 15.9 Å². The van der Waals surface area contributed by atoms with E-state index >= 15 is 0 Å². The first-order chi connectivity index (χ1) is 10.0. The summed E-state index contributed by atoms with van der Waals surface area (Å²) in [5, 5.41) is 15.0. The molecule has 0 aliphatic rings. The number of hydrogen-bond acceptors (Lipinski definition) is 3. The molecule has 0 bridgehead atoms. The molecule has 0 aromatic heterocycles. The lowest BCUT2D eigenvalue weighted by atomic mass is 10.1. The molecule has 0 aliphatic carbocycles. The SMILES string of the molecule is CC(=NO)c1ccccc1NC(=O)c1cc(Br)ccc1C. The maximum Gasteiger partial charge on any atom is 0.255 e. The van der Waals surface area contributed by atoms with Crippen molar-refractivity contribution < 1.29 is 10.0 Å². The van der Waals surface area contributed by atoms with Crippen LogP contribution in [0.2, 0.25) is 0 Å². The second-order valence-electron chi connectivity index (χ2n) is 4.64. The van der Waals surface area contributed by atoms with Crippen molar-refractivity contribution in [3.05, 3.63) is 63.6 Å². The second kappa shape index (κ2) is 6.54. The van der Waals surface area contributed by atoms with Gasteiger partial charge in [0.15, 0.2) is 0 Å². The summed E-state index contributed by atoms with van der Waals surface area (Å²) < 4.78 is 0.847. The number of hydrogen-bond donors (Lipinski definition) is 2. The van der Waals surface area contributed by atoms with Crippen LogP contribution in [0.15, 0.2) is 52.1 Å². The molecule has 0 saturated carbocycles. The van der Waals surface area contributed by atoms with Crippen LogP contribution in [0.1, 0.15) is 28.4 Å². The van der Waals surface area contributed by atoms with Crippen molar-refractivity contribution in [3.8, 4) is 0 Å². The van der Waals surface area contributed by atoms with Gasteiger partial charge in [0.1, 0.15) is 0 Å². The number of carbonyl (C=O) groups excluding carboxylic acids is 1. The summed E-state index contributed by atoms with van der Waals surface area (Å²) in [7, 11) is 0. The number of nitrogens with zero attached hydrogens (tertiary/aromatic N) is 1. The van der Waals surface area contributed by atoms with E-state index in [1.807, 2.05) is 31.2 Å². The van der Waals surface area contributed by atoms with E-state index in [4.69, 9.17) is 5.21 Å². The van der Waals surface area contributed by atoms with E-state index < -0.39 is 0 Å². The first kappa shape index (κ1) is 15.3. The molecule has 0 unspecified atom stereocenters. The molecular weight excluding hydrogens is 332 g/mol. The lowest BCUT2D eigenvalue weighted by molar-refractivity contribution is 0.102. The Morgan fingerprint density at radius 2 is 1.90 bits per heavy atom. The molecule has 0 spiro atoms. The summed E-state index contributed by atoms with van der Waals surface area (Å²) in [6.45, 7) is 3.56. The molecular formula is C16H15BrN2O2. The van der Waals surface area contributed by atoms with Gasteiger partial charge in [0.2, 0.25) is 0 Å². The highest BCUT2D eigenvalue weighted by Crippen LogP contribution is 2.20. The average molecular weight is 347 g/mol. The number of amides is 1. The van der Waals surface area contributed by atoms with Gasteiger partial charge < -0.3 is 10.5 Å². The van der Waals surface area contributed by atoms with Gasteiger partial charge in [-0.15, -0.1) is 0 Å². The van der Waals surface area contributed by atoms with Crippen molar-refractivity contribution in [1.82, 2.24) is 0 Å². The standard InChI is InChI=1S/C16H15BrN2O2/c1-10-7-8-12(17)9-14(10)16(20)18-15-6-4-3-5-13(15)11(2)19-21/h3-9,21H,1-2H3,(H,18,20). The predicted octanol–water partition coefficient (Wildman–Crippen LogP) is 4.21. The van der Waals surface area contributed by atoms with E-state index in [2.05, 4.69) is 26.4 Å². The van der Waals surface area contributed by atoms with Gasteiger partial charge in [-0.25, -0.2) is 0 Å². The van der Waals surface area contributed by atoms with E-state index in [-0.39, 0.29) is 5.91 Å². The minimum absolute atomic E-state index is 0.202. The van der Waals surface area contributed by atoms with Crippen LogP contribution in [0.25, 0.3) is 0 Å². The molecule has 4 nitrogen and oxygen atoms in total. The highest BCUT2D eigenvalue weighted by Gasteiger charge is 2.13. The van der Waals surface area contributed by atoms with Crippen molar-refractivity contribution >= 4 is 33.2 Å². The van der Waals surface area contributed by atoms with Gasteiger partial charge in [0.25, 0.3) is 5.91 Å². The van der Waals surface area contributed by atoms with Crippen molar-refractivity contribution in [2.45, 2.75) is 13.8 Å². The van der Waals surface area contributed by atoms with Gasteiger partial charge in [-0.2, -0.15) is 0 Å². The Bertz CT molecular complexity index is 711. The molecule has 0 fully saturated rings. The molecule has 0 saturated heterocycles. The summed E-state index contributed by atoms with van der Waals surface area (Å²) in [6, 6.07) is 12.8. The zero-order valence-corrected chi connectivity index (χ0v) is 13.3. The maximum absolute atomic E-state index is 12.4. The number of anilines is 1. The molecule has 21 heavy (non-hydrogen) atoms. The van der Waals surface area contributed by atoms with Crippen LogP contribution in [0.3, 0.4) is 0 Å². The summed E-state index contributed by atoms with van der Waals surface area (Å²) in [4.78, 5) is 12.4. The van der Waals surface area contributed by atoms with Crippen LogP contribution in [-0.4, -0.2) is 16.8 Å². The van der Waals surface area contributed by atoms with Crippen molar-refractivity contribution in [3.63, 3.8) is 0 Å². The monoisotopic (exact) mass is 346 g/mol. The predicted molar refractivity (Wildman–Crippen MR) is 87.3 cm³/mol. The third-order valence-corrected chi connectivity index (χ3v) is 3.65. The summed E-state index contributed by atoms with van der Waals surface area (Å²) in [6.07, 6.45) is 0. The highest BCUT2D eigenvalue weighted by molar-refractivity contribution is 9.10. The fourth-order valence-corrected chi connectivity index (χ4v) is 2.35. The minimum Gasteiger partial charge on any atom is -0.411 e. The van der Waals surface area contributed by atoms with Crippen molar-refractivity contribution in [1.29, 1.82) is 0 Å². The molecule has 2 rings (SSSR count). The lowest BCUT2D eigenvalue weighted by Crippen LogP contribution is -2.15. The molecule has 1 amide bonds. The zero-order chi connectivity index (χ0) is 15.4. The third kappa shape index (κ3) is 3.49. The third-order valence-electron chi connectivity index (χ3n) is 3.16. The number of rotatable bonds is 3. The fraction of sp³-hybridized carbons (Fsp3) is 0.125. The van der Waals surface area contributed by atoms with E-state index in [9.17, 15) is 4.79 Å². The van der Waals surface area contributed by atoms with Crippen LogP contribution in [0.4, 0.5) is 5.69 Å². The summed E-state index contributed by atoms with van der Waals surface area (Å²) in [5.74, 6) is -0.202. The van der Waals surface area contributed by atoms with Crippen LogP contribution < -0.4 is 5.32 Å². The van der Waals surface area contributed by atoms with E-state index in [1.165, 1.54) is 0 Å². The Hall–Kier alpha value is -2.14. The number of benzene rings is 2. The van der Waals surface area contributed by atoms with E-state index in [0.717, 1.165) is 10.0 Å². The highest BCUT2D eigenvalue weighted by atomic mass is 79.9. The number of halogens is 1. The fourth-order valence-electron chi connectivity index (χ4n) is 1.99. The maximum atomic E-state index is 12.4. The number of carbonyl (C=O) groups is 1. The summed E-state index contributed by atoms with van der Waals surface area (Å²) in [5.41, 5.74) is 3.22. The van der Waals surface area contributed by atoms with Crippen LogP contribution in [0.5, 0.6) is 0 Å². The number of para-hydroxylation sites is 1. The minimum atomic E-state index is -0.202. The molecule has 0 aliphatic heterocycles. The molecule has 2 aromatic rings. The average Bonchev–Trinajstić information content (AvgIpc) is 2.49. The normalized spacial score (nSPS) is 11.3. The number of nitrogens with one attached hydrogen (secondary N) is 1. The van der Waals surface area contributed by atoms with E-state index in [1.54, 1.807) is 25.1 Å². The molecule has 0 radical (unpaired) electrons. The second-order valence-corrected chi connectivity index (χ2v) is 5.56. The molecule has 108 valence electrons. The summed E-state index contributed by atoms with van der Waals surface area (Å²) >= 11 is 3.37. The Morgan fingerprint density at radius 1 is 1.19 bits per heavy atom. The Kier molecular flexibility index (Phi) is 4.75. The topological polar surface area (TPSA) is 61.7 Å². The number of aryl methyl sites for hydroxylation is 1. The molecule has 2 aromatic carbocycles. The first-order valence-electron chi connectivity index (χ1n) is 6.38. The quantitative estimate of drug-likeness (QED) is 0.496. The molecule has 0 heterocycles. The van der Waals surface area contributed by atoms with Crippen LogP contribution in [-0.2, 0) is 0 Å². The smallest absolute Gasteiger partial charge is 0.255 e. The first-order valence-corrected chi connectivity index (χ1v) is 7.18. The number of oxime groups is 1. The largest absolute Gasteiger partial charge is 0.411 e. The van der Waals surface area contributed by atoms with Gasteiger partial charge in [-0.1, -0.05) is 45.4 Å². The Morgan fingerprint density at radius 3 is 2.62 bits per heavy atom. The Balaban J connectivity index is 2.34. The molecule has 2 N–H and O–H groups in total. The van der Waals surface area contributed by atoms with Gasteiger partial charge in [-0.3, -0.25) is 4.79 Å². The van der Waals surface area contributed by atoms with Crippen LogP contribution in [0, 0.1) is 6.92 Å². The van der Waals surface area contributed by atoms with E-state index in [0.29, 0.717) is 22.5 Å². The van der Waals surface area contributed by atoms with Gasteiger partial charge in [0, 0.05) is 15.6 Å². The van der Waals surface area contributed by atoms with Gasteiger partial charge in [0.05, 0.1) is 11.4 Å². The zero-order valence-electron chi connectivity index (χ0n) is 11.7.